The molecule has 0 aromatic carbocycles. The Labute approximate surface area is 133 Å². The molecular formula is C15H19N7O. The number of hydrogen-bond donors (Lipinski definition) is 1. The fraction of sp³-hybridized carbons (Fsp3) is 0.400. The Morgan fingerprint density at radius 3 is 3.04 bits per heavy atom. The molecule has 23 heavy (non-hydrogen) atoms. The van der Waals surface area contributed by atoms with Crippen LogP contribution in [0.1, 0.15) is 25.1 Å². The van der Waals surface area contributed by atoms with E-state index in [4.69, 9.17) is 0 Å². The Bertz CT molecular complexity index is 750. The summed E-state index contributed by atoms with van der Waals surface area (Å²) in [5, 5.41) is 15.2. The van der Waals surface area contributed by atoms with Crippen molar-refractivity contribution in [3.05, 3.63) is 42.9 Å². The van der Waals surface area contributed by atoms with E-state index < -0.39 is 0 Å². The molecule has 0 spiro atoms. The van der Waals surface area contributed by atoms with Crippen LogP contribution in [0, 0.1) is 0 Å². The van der Waals surface area contributed by atoms with Crippen LogP contribution in [-0.4, -0.2) is 41.8 Å². The maximum absolute atomic E-state index is 11.8. The van der Waals surface area contributed by atoms with E-state index in [0.717, 1.165) is 30.7 Å². The minimum absolute atomic E-state index is 0.0659. The number of nitrogens with one attached hydrogen (secondary N) is 1. The van der Waals surface area contributed by atoms with Crippen molar-refractivity contribution in [1.29, 1.82) is 0 Å². The predicted octanol–water partition coefficient (Wildman–Crippen LogP) is 0.850. The zero-order valence-corrected chi connectivity index (χ0v) is 12.8. The first-order valence-corrected chi connectivity index (χ1v) is 7.71. The summed E-state index contributed by atoms with van der Waals surface area (Å²) in [6.45, 7) is 1.35. The zero-order valence-electron chi connectivity index (χ0n) is 12.8. The lowest BCUT2D eigenvalue weighted by atomic mass is 10.2. The van der Waals surface area contributed by atoms with E-state index in [1.54, 1.807) is 11.0 Å². The molecule has 0 unspecified atom stereocenters. The predicted molar refractivity (Wildman–Crippen MR) is 83.6 cm³/mol. The van der Waals surface area contributed by atoms with Crippen molar-refractivity contribution >= 4 is 11.6 Å². The van der Waals surface area contributed by atoms with Crippen molar-refractivity contribution in [2.75, 3.05) is 6.54 Å². The molecule has 8 nitrogen and oxygen atoms in total. The maximum atomic E-state index is 11.8. The van der Waals surface area contributed by atoms with E-state index in [1.165, 1.54) is 6.33 Å². The van der Waals surface area contributed by atoms with Crippen molar-refractivity contribution in [1.82, 2.24) is 34.7 Å². The van der Waals surface area contributed by atoms with Crippen LogP contribution in [0.4, 0.5) is 0 Å². The summed E-state index contributed by atoms with van der Waals surface area (Å²) in [4.78, 5) is 15.6. The summed E-state index contributed by atoms with van der Waals surface area (Å²) < 4.78 is 3.70. The summed E-state index contributed by atoms with van der Waals surface area (Å²) in [5.41, 5.74) is 0.847. The molecule has 3 aromatic rings. The highest BCUT2D eigenvalue weighted by molar-refractivity contribution is 5.75. The van der Waals surface area contributed by atoms with Crippen molar-refractivity contribution in [2.24, 2.45) is 0 Å². The number of rotatable bonds is 8. The number of carbonyl (C=O) groups excluding carboxylic acids is 1. The Hall–Kier alpha value is -2.77. The highest BCUT2D eigenvalue weighted by Crippen LogP contribution is 2.04. The lowest BCUT2D eigenvalue weighted by molar-refractivity contribution is -0.121. The lowest BCUT2D eigenvalue weighted by Crippen LogP contribution is -2.25. The summed E-state index contributed by atoms with van der Waals surface area (Å²) in [7, 11) is 0. The van der Waals surface area contributed by atoms with Crippen LogP contribution in [0.2, 0.25) is 0 Å². The van der Waals surface area contributed by atoms with Crippen molar-refractivity contribution in [2.45, 2.75) is 32.2 Å². The molecule has 0 aliphatic carbocycles. The van der Waals surface area contributed by atoms with Gasteiger partial charge in [-0.3, -0.25) is 13.9 Å². The van der Waals surface area contributed by atoms with Gasteiger partial charge >= 0.3 is 0 Å². The van der Waals surface area contributed by atoms with Gasteiger partial charge in [0.05, 0.1) is 0 Å². The van der Waals surface area contributed by atoms with E-state index in [-0.39, 0.29) is 5.91 Å². The number of pyridine rings is 1. The highest BCUT2D eigenvalue weighted by Gasteiger charge is 2.05. The molecule has 3 heterocycles. The second-order valence-corrected chi connectivity index (χ2v) is 5.26. The first kappa shape index (κ1) is 15.1. The molecular weight excluding hydrogens is 294 g/mol. The molecule has 0 saturated heterocycles. The van der Waals surface area contributed by atoms with Gasteiger partial charge in [0.15, 0.2) is 5.65 Å². The average molecular weight is 313 g/mol. The Morgan fingerprint density at radius 2 is 2.17 bits per heavy atom. The van der Waals surface area contributed by atoms with E-state index in [9.17, 15) is 4.79 Å². The van der Waals surface area contributed by atoms with Crippen LogP contribution in [0.3, 0.4) is 0 Å². The molecule has 0 atom stereocenters. The van der Waals surface area contributed by atoms with Gasteiger partial charge in [0.2, 0.25) is 5.91 Å². The molecule has 0 bridgehead atoms. The van der Waals surface area contributed by atoms with E-state index in [1.807, 2.05) is 28.8 Å². The monoisotopic (exact) mass is 313 g/mol. The van der Waals surface area contributed by atoms with Crippen molar-refractivity contribution in [3.63, 3.8) is 0 Å². The number of aromatic nitrogens is 6. The van der Waals surface area contributed by atoms with Gasteiger partial charge in [-0.25, -0.2) is 4.98 Å². The summed E-state index contributed by atoms with van der Waals surface area (Å²) >= 11 is 0. The van der Waals surface area contributed by atoms with Gasteiger partial charge in [0.25, 0.3) is 0 Å². The molecule has 3 rings (SSSR count). The summed E-state index contributed by atoms with van der Waals surface area (Å²) in [6.07, 6.45) is 7.97. The molecule has 0 fully saturated rings. The van der Waals surface area contributed by atoms with Crippen molar-refractivity contribution in [3.8, 4) is 0 Å². The number of aryl methyl sites for hydroxylation is 2. The third-order valence-electron chi connectivity index (χ3n) is 3.54. The molecule has 3 aromatic heterocycles. The molecule has 1 amide bonds. The Balaban J connectivity index is 1.34. The fourth-order valence-corrected chi connectivity index (χ4v) is 2.37. The van der Waals surface area contributed by atoms with Gasteiger partial charge in [0, 0.05) is 32.1 Å². The zero-order chi connectivity index (χ0) is 15.9. The van der Waals surface area contributed by atoms with Crippen LogP contribution < -0.4 is 5.32 Å². The quantitative estimate of drug-likeness (QED) is 0.623. The van der Waals surface area contributed by atoms with Gasteiger partial charge in [-0.1, -0.05) is 6.07 Å². The normalized spacial score (nSPS) is 11.0. The first-order valence-electron chi connectivity index (χ1n) is 7.71. The molecule has 8 heteroatoms. The molecule has 0 saturated carbocycles. The highest BCUT2D eigenvalue weighted by atomic mass is 16.1. The molecule has 0 radical (unpaired) electrons. The van der Waals surface area contributed by atoms with Gasteiger partial charge in [-0.2, -0.15) is 5.10 Å². The van der Waals surface area contributed by atoms with E-state index >= 15 is 0 Å². The molecule has 0 aliphatic heterocycles. The van der Waals surface area contributed by atoms with Gasteiger partial charge < -0.3 is 5.32 Å². The van der Waals surface area contributed by atoms with Crippen LogP contribution in [-0.2, 0) is 17.8 Å². The minimum atomic E-state index is 0.0659. The number of nitrogens with zero attached hydrogens (tertiary/aromatic N) is 6. The number of amides is 1. The van der Waals surface area contributed by atoms with E-state index in [2.05, 4.69) is 25.6 Å². The van der Waals surface area contributed by atoms with Crippen LogP contribution in [0.15, 0.2) is 37.1 Å². The summed E-state index contributed by atoms with van der Waals surface area (Å²) in [5.74, 6) is 0.984. The smallest absolute Gasteiger partial charge is 0.220 e. The summed E-state index contributed by atoms with van der Waals surface area (Å²) in [6, 6.07) is 5.82. The molecule has 1 N–H and O–H groups in total. The number of carbonyl (C=O) groups is 1. The maximum Gasteiger partial charge on any atom is 0.220 e. The van der Waals surface area contributed by atoms with Crippen LogP contribution in [0.5, 0.6) is 0 Å². The third-order valence-corrected chi connectivity index (χ3v) is 3.54. The van der Waals surface area contributed by atoms with E-state index in [0.29, 0.717) is 19.5 Å². The SMILES string of the molecule is O=C(CCCn1cncn1)NCCCc1nnc2ccccn12. The minimum Gasteiger partial charge on any atom is -0.356 e. The van der Waals surface area contributed by atoms with Gasteiger partial charge in [-0.05, 0) is 25.0 Å². The topological polar surface area (TPSA) is 90.0 Å². The number of fused-ring (bicyclic) bond motifs is 1. The molecule has 0 aliphatic rings. The van der Waals surface area contributed by atoms with Gasteiger partial charge in [-0.15, -0.1) is 10.2 Å². The largest absolute Gasteiger partial charge is 0.356 e. The van der Waals surface area contributed by atoms with Crippen LogP contribution in [0.25, 0.3) is 5.65 Å². The average Bonchev–Trinajstić information content (AvgIpc) is 3.21. The lowest BCUT2D eigenvalue weighted by Gasteiger charge is -2.05. The first-order chi connectivity index (χ1) is 11.3. The standard InChI is InChI=1S/C15H19N7O/c23-15(7-4-9-21-12-16-11-18-21)17-8-3-6-14-20-19-13-5-1-2-10-22(13)14/h1-2,5,10-12H,3-4,6-9H2,(H,17,23). The Morgan fingerprint density at radius 1 is 1.22 bits per heavy atom. The second kappa shape index (κ2) is 7.48. The fourth-order valence-electron chi connectivity index (χ4n) is 2.37. The third kappa shape index (κ3) is 4.12. The second-order valence-electron chi connectivity index (χ2n) is 5.26. The Kier molecular flexibility index (Phi) is 4.92. The number of hydrogen-bond acceptors (Lipinski definition) is 5. The molecule has 120 valence electrons. The van der Waals surface area contributed by atoms with Crippen molar-refractivity contribution < 1.29 is 4.79 Å². The van der Waals surface area contributed by atoms with Gasteiger partial charge in [0.1, 0.15) is 18.5 Å². The van der Waals surface area contributed by atoms with Crippen LogP contribution >= 0.6 is 0 Å².